The Balaban J connectivity index is 1.49. The van der Waals surface area contributed by atoms with Gasteiger partial charge in [0.05, 0.1) is 5.56 Å². The molecular weight excluding hydrogens is 346 g/mol. The molecule has 0 aliphatic rings. The van der Waals surface area contributed by atoms with Gasteiger partial charge in [0, 0.05) is 23.6 Å². The number of nitrogens with one attached hydrogen (secondary N) is 2. The van der Waals surface area contributed by atoms with Crippen LogP contribution in [0.1, 0.15) is 20.7 Å². The maximum absolute atomic E-state index is 12.1. The number of carbonyl (C=O) groups is 3. The van der Waals surface area contributed by atoms with E-state index in [1.54, 1.807) is 48.5 Å². The first-order valence-corrected chi connectivity index (χ1v) is 8.18. The summed E-state index contributed by atoms with van der Waals surface area (Å²) in [7, 11) is 0. The third-order valence-electron chi connectivity index (χ3n) is 3.67. The molecule has 0 atom stereocenters. The molecule has 0 spiro atoms. The van der Waals surface area contributed by atoms with Gasteiger partial charge in [-0.2, -0.15) is 0 Å². The summed E-state index contributed by atoms with van der Waals surface area (Å²) >= 11 is 0. The molecule has 1 heterocycles. The summed E-state index contributed by atoms with van der Waals surface area (Å²) in [6.07, 6.45) is 3.71. The highest BCUT2D eigenvalue weighted by molar-refractivity contribution is 5.96. The first-order valence-electron chi connectivity index (χ1n) is 8.18. The van der Waals surface area contributed by atoms with Crippen molar-refractivity contribution in [2.75, 3.05) is 6.61 Å². The zero-order valence-corrected chi connectivity index (χ0v) is 14.3. The molecule has 136 valence electrons. The van der Waals surface area contributed by atoms with Gasteiger partial charge in [-0.3, -0.25) is 20.4 Å². The lowest BCUT2D eigenvalue weighted by atomic mass is 10.2. The van der Waals surface area contributed by atoms with Crippen LogP contribution in [0.25, 0.3) is 5.69 Å². The van der Waals surface area contributed by atoms with E-state index in [-0.39, 0.29) is 0 Å². The quantitative estimate of drug-likeness (QED) is 0.537. The molecule has 7 heteroatoms. The topological polar surface area (TPSA) is 89.4 Å². The number of ether oxygens (including phenoxy) is 1. The average molecular weight is 363 g/mol. The minimum atomic E-state index is -0.644. The van der Waals surface area contributed by atoms with Crippen LogP contribution in [0.15, 0.2) is 79.1 Å². The number of nitrogens with zero attached hydrogens (tertiary/aromatic N) is 1. The third kappa shape index (κ3) is 4.82. The fraction of sp³-hybridized carbons (Fsp3) is 0.0500. The molecule has 1 aromatic heterocycles. The van der Waals surface area contributed by atoms with Gasteiger partial charge < -0.3 is 9.30 Å². The largest absolute Gasteiger partial charge is 0.452 e. The van der Waals surface area contributed by atoms with Gasteiger partial charge in [-0.05, 0) is 42.5 Å². The van der Waals surface area contributed by atoms with Crippen molar-refractivity contribution >= 4 is 17.8 Å². The second-order valence-corrected chi connectivity index (χ2v) is 5.59. The van der Waals surface area contributed by atoms with Crippen molar-refractivity contribution in [1.82, 2.24) is 15.4 Å². The van der Waals surface area contributed by atoms with Gasteiger partial charge in [0.15, 0.2) is 6.61 Å². The zero-order chi connectivity index (χ0) is 19.1. The predicted molar refractivity (Wildman–Crippen MR) is 98.1 cm³/mol. The Morgan fingerprint density at radius 1 is 0.815 bits per heavy atom. The molecular formula is C20H17N3O4. The molecule has 0 radical (unpaired) electrons. The molecule has 0 unspecified atom stereocenters. The highest BCUT2D eigenvalue weighted by Gasteiger charge is 2.12. The van der Waals surface area contributed by atoms with Crippen LogP contribution in [0.5, 0.6) is 0 Å². The van der Waals surface area contributed by atoms with Crippen LogP contribution in [0.2, 0.25) is 0 Å². The second-order valence-electron chi connectivity index (χ2n) is 5.59. The summed E-state index contributed by atoms with van der Waals surface area (Å²) in [5.74, 6) is -1.74. The SMILES string of the molecule is O=C(COC(=O)c1cccc(-n2cccc2)c1)NNC(=O)c1ccccc1. The number of aromatic nitrogens is 1. The molecule has 0 fully saturated rings. The van der Waals surface area contributed by atoms with Gasteiger partial charge in [-0.25, -0.2) is 4.79 Å². The Labute approximate surface area is 155 Å². The molecule has 3 rings (SSSR count). The van der Waals surface area contributed by atoms with Gasteiger partial charge in [0.1, 0.15) is 0 Å². The standard InChI is InChI=1S/C20H17N3O4/c24-18(21-22-19(25)15-7-2-1-3-8-15)14-27-20(26)16-9-6-10-17(13-16)23-11-4-5-12-23/h1-13H,14H2,(H,21,24)(H,22,25). The van der Waals surface area contributed by atoms with Crippen LogP contribution in [0.4, 0.5) is 0 Å². The highest BCUT2D eigenvalue weighted by atomic mass is 16.5. The summed E-state index contributed by atoms with van der Waals surface area (Å²) in [5.41, 5.74) is 5.98. The van der Waals surface area contributed by atoms with Gasteiger partial charge in [-0.15, -0.1) is 0 Å². The smallest absolute Gasteiger partial charge is 0.338 e. The van der Waals surface area contributed by atoms with Crippen LogP contribution < -0.4 is 10.9 Å². The van der Waals surface area contributed by atoms with E-state index in [1.165, 1.54) is 0 Å². The number of hydrazine groups is 1. The van der Waals surface area contributed by atoms with E-state index in [4.69, 9.17) is 4.74 Å². The minimum absolute atomic E-state index is 0.322. The molecule has 0 bridgehead atoms. The molecule has 0 saturated carbocycles. The lowest BCUT2D eigenvalue weighted by molar-refractivity contribution is -0.125. The van der Waals surface area contributed by atoms with Crippen molar-refractivity contribution in [2.45, 2.75) is 0 Å². The van der Waals surface area contributed by atoms with Crippen LogP contribution in [0, 0.1) is 0 Å². The van der Waals surface area contributed by atoms with Gasteiger partial charge >= 0.3 is 5.97 Å². The van der Waals surface area contributed by atoms with Crippen LogP contribution in [-0.2, 0) is 9.53 Å². The Morgan fingerprint density at radius 3 is 2.26 bits per heavy atom. The molecule has 0 aliphatic carbocycles. The number of carbonyl (C=O) groups excluding carboxylic acids is 3. The highest BCUT2D eigenvalue weighted by Crippen LogP contribution is 2.12. The molecule has 7 nitrogen and oxygen atoms in total. The molecule has 0 aliphatic heterocycles. The fourth-order valence-corrected chi connectivity index (χ4v) is 2.34. The first kappa shape index (κ1) is 17.9. The summed E-state index contributed by atoms with van der Waals surface area (Å²) in [5, 5.41) is 0. The van der Waals surface area contributed by atoms with E-state index in [9.17, 15) is 14.4 Å². The van der Waals surface area contributed by atoms with E-state index in [0.717, 1.165) is 5.69 Å². The number of amides is 2. The zero-order valence-electron chi connectivity index (χ0n) is 14.3. The molecule has 27 heavy (non-hydrogen) atoms. The Hall–Kier alpha value is -3.87. The van der Waals surface area contributed by atoms with Crippen LogP contribution in [0.3, 0.4) is 0 Å². The van der Waals surface area contributed by atoms with Crippen LogP contribution in [-0.4, -0.2) is 29.0 Å². The minimum Gasteiger partial charge on any atom is -0.452 e. The molecule has 2 amide bonds. The molecule has 2 aromatic carbocycles. The normalized spacial score (nSPS) is 10.1. The Kier molecular flexibility index (Phi) is 5.64. The number of rotatable bonds is 5. The van der Waals surface area contributed by atoms with Gasteiger partial charge in [0.25, 0.3) is 11.8 Å². The maximum Gasteiger partial charge on any atom is 0.338 e. The third-order valence-corrected chi connectivity index (χ3v) is 3.67. The first-order chi connectivity index (χ1) is 13.1. The van der Waals surface area contributed by atoms with Crippen molar-refractivity contribution in [2.24, 2.45) is 0 Å². The second kappa shape index (κ2) is 8.48. The van der Waals surface area contributed by atoms with Crippen molar-refractivity contribution in [3.05, 3.63) is 90.3 Å². The van der Waals surface area contributed by atoms with Crippen molar-refractivity contribution in [1.29, 1.82) is 0 Å². The van der Waals surface area contributed by atoms with Crippen molar-refractivity contribution in [3.63, 3.8) is 0 Å². The molecule has 2 N–H and O–H groups in total. The fourth-order valence-electron chi connectivity index (χ4n) is 2.34. The van der Waals surface area contributed by atoms with Gasteiger partial charge in [0.2, 0.25) is 0 Å². The number of hydrogen-bond acceptors (Lipinski definition) is 4. The average Bonchev–Trinajstić information content (AvgIpc) is 3.26. The number of esters is 1. The molecule has 0 saturated heterocycles. The summed E-state index contributed by atoms with van der Waals surface area (Å²) in [6.45, 7) is -0.512. The van der Waals surface area contributed by atoms with E-state index < -0.39 is 24.4 Å². The van der Waals surface area contributed by atoms with Gasteiger partial charge in [-0.1, -0.05) is 24.3 Å². The summed E-state index contributed by atoms with van der Waals surface area (Å²) in [4.78, 5) is 35.7. The summed E-state index contributed by atoms with van der Waals surface area (Å²) < 4.78 is 6.84. The van der Waals surface area contributed by atoms with Crippen molar-refractivity contribution < 1.29 is 19.1 Å². The lowest BCUT2D eigenvalue weighted by Crippen LogP contribution is -2.43. The van der Waals surface area contributed by atoms with E-state index >= 15 is 0 Å². The Morgan fingerprint density at radius 2 is 1.52 bits per heavy atom. The lowest BCUT2D eigenvalue weighted by Gasteiger charge is -2.09. The van der Waals surface area contributed by atoms with Crippen LogP contribution >= 0.6 is 0 Å². The number of benzene rings is 2. The number of hydrogen-bond donors (Lipinski definition) is 2. The summed E-state index contributed by atoms with van der Waals surface area (Å²) in [6, 6.07) is 19.0. The van der Waals surface area contributed by atoms with E-state index in [2.05, 4.69) is 10.9 Å². The van der Waals surface area contributed by atoms with E-state index in [1.807, 2.05) is 35.2 Å². The predicted octanol–water partition coefficient (Wildman–Crippen LogP) is 2.10. The Bertz CT molecular complexity index is 937. The molecule has 3 aromatic rings. The van der Waals surface area contributed by atoms with E-state index in [0.29, 0.717) is 11.1 Å². The maximum atomic E-state index is 12.1. The monoisotopic (exact) mass is 363 g/mol. The van der Waals surface area contributed by atoms with Crippen molar-refractivity contribution in [3.8, 4) is 5.69 Å².